The highest BCUT2D eigenvalue weighted by atomic mass is 16.6. The highest BCUT2D eigenvalue weighted by Crippen LogP contribution is 2.46. The van der Waals surface area contributed by atoms with Crippen LogP contribution in [-0.2, 0) is 9.53 Å². The van der Waals surface area contributed by atoms with Crippen molar-refractivity contribution in [2.24, 2.45) is 11.8 Å². The number of benzene rings is 1. The summed E-state index contributed by atoms with van der Waals surface area (Å²) in [5.41, 5.74) is 1.27. The molecule has 2 N–H and O–H groups in total. The van der Waals surface area contributed by atoms with Gasteiger partial charge in [-0.3, -0.25) is 9.59 Å². The molecule has 2 aliphatic heterocycles. The molecule has 1 saturated heterocycles. The zero-order valence-electron chi connectivity index (χ0n) is 26.4. The topological polar surface area (TPSA) is 129 Å². The molecule has 3 heterocycles. The third kappa shape index (κ3) is 5.61. The van der Waals surface area contributed by atoms with Gasteiger partial charge in [0, 0.05) is 49.6 Å². The minimum Gasteiger partial charge on any atom is -0.495 e. The normalized spacial score (nSPS) is 24.6. The fourth-order valence-electron chi connectivity index (χ4n) is 6.95. The molecule has 12 heteroatoms. The van der Waals surface area contributed by atoms with Gasteiger partial charge in [0.2, 0.25) is 11.9 Å². The minimum atomic E-state index is -0.533. The van der Waals surface area contributed by atoms with Gasteiger partial charge in [-0.2, -0.15) is 4.98 Å². The van der Waals surface area contributed by atoms with Crippen LogP contribution >= 0.6 is 0 Å². The van der Waals surface area contributed by atoms with Crippen LogP contribution in [0, 0.1) is 11.8 Å². The van der Waals surface area contributed by atoms with Crippen LogP contribution in [0.15, 0.2) is 24.4 Å². The summed E-state index contributed by atoms with van der Waals surface area (Å²) in [5, 5.41) is 6.40. The SMILES string of the molecule is CC[C@@H]1C(=O)N(C)c2cnc(Nc3ccc(C(=O)NC4C5CN(C(=O)OC(C)(C)C)CC54)cc3OC)nc2N1C1CCCC1. The van der Waals surface area contributed by atoms with Gasteiger partial charge < -0.3 is 34.8 Å². The van der Waals surface area contributed by atoms with E-state index in [2.05, 4.69) is 20.5 Å². The number of aromatic nitrogens is 2. The van der Waals surface area contributed by atoms with Crippen LogP contribution in [0.25, 0.3) is 0 Å². The number of likely N-dealkylation sites (N-methyl/N-ethyl adjacent to an activating group) is 1. The number of carbonyl (C=O) groups is 3. The Morgan fingerprint density at radius 2 is 1.82 bits per heavy atom. The lowest BCUT2D eigenvalue weighted by Crippen LogP contribution is -2.55. The summed E-state index contributed by atoms with van der Waals surface area (Å²) < 4.78 is 11.1. The maximum Gasteiger partial charge on any atom is 0.410 e. The molecule has 236 valence electrons. The molecule has 4 aliphatic rings. The number of methoxy groups -OCH3 is 1. The Hall–Kier alpha value is -4.09. The number of hydrogen-bond acceptors (Lipinski definition) is 9. The van der Waals surface area contributed by atoms with Gasteiger partial charge in [0.25, 0.3) is 5.91 Å². The number of piperidine rings is 1. The van der Waals surface area contributed by atoms with Crippen LogP contribution < -0.4 is 25.2 Å². The van der Waals surface area contributed by atoms with Crippen LogP contribution in [-0.4, -0.2) is 83.7 Å². The maximum absolute atomic E-state index is 13.2. The van der Waals surface area contributed by atoms with Crippen molar-refractivity contribution in [2.45, 2.75) is 83.5 Å². The number of likely N-dealkylation sites (tertiary alicyclic amines) is 1. The smallest absolute Gasteiger partial charge is 0.410 e. The van der Waals surface area contributed by atoms with Crippen LogP contribution in [0.1, 0.15) is 70.2 Å². The second kappa shape index (κ2) is 11.4. The van der Waals surface area contributed by atoms with Gasteiger partial charge in [0.15, 0.2) is 5.82 Å². The molecule has 3 fully saturated rings. The third-order valence-electron chi connectivity index (χ3n) is 9.27. The average Bonchev–Trinajstić information content (AvgIpc) is 3.37. The fourth-order valence-corrected chi connectivity index (χ4v) is 6.95. The van der Waals surface area contributed by atoms with Crippen molar-refractivity contribution in [3.63, 3.8) is 0 Å². The molecular formula is C32H43N7O5. The summed E-state index contributed by atoms with van der Waals surface area (Å²) in [6.45, 7) is 8.77. The molecular weight excluding hydrogens is 562 g/mol. The highest BCUT2D eigenvalue weighted by molar-refractivity contribution is 6.04. The molecule has 6 rings (SSSR count). The largest absolute Gasteiger partial charge is 0.495 e. The molecule has 3 amide bonds. The number of rotatable bonds is 7. The van der Waals surface area contributed by atoms with Crippen LogP contribution in [0.5, 0.6) is 5.75 Å². The molecule has 2 aliphatic carbocycles. The molecule has 0 radical (unpaired) electrons. The van der Waals surface area contributed by atoms with Crippen molar-refractivity contribution in [3.05, 3.63) is 30.0 Å². The van der Waals surface area contributed by atoms with Crippen LogP contribution in [0.3, 0.4) is 0 Å². The van der Waals surface area contributed by atoms with E-state index < -0.39 is 5.60 Å². The van der Waals surface area contributed by atoms with E-state index in [-0.39, 0.29) is 47.9 Å². The Morgan fingerprint density at radius 1 is 1.11 bits per heavy atom. The Labute approximate surface area is 258 Å². The number of nitrogens with one attached hydrogen (secondary N) is 2. The van der Waals surface area contributed by atoms with Gasteiger partial charge in [0.1, 0.15) is 23.1 Å². The molecule has 2 saturated carbocycles. The van der Waals surface area contributed by atoms with Crippen molar-refractivity contribution in [1.29, 1.82) is 0 Å². The van der Waals surface area contributed by atoms with E-state index in [0.717, 1.165) is 31.5 Å². The van der Waals surface area contributed by atoms with Crippen molar-refractivity contribution in [2.75, 3.05) is 42.4 Å². The molecule has 44 heavy (non-hydrogen) atoms. The van der Waals surface area contributed by atoms with Gasteiger partial charge in [-0.05, 0) is 58.2 Å². The van der Waals surface area contributed by atoms with Crippen LogP contribution in [0.2, 0.25) is 0 Å². The fraction of sp³-hybridized carbons (Fsp3) is 0.594. The molecule has 12 nitrogen and oxygen atoms in total. The Morgan fingerprint density at radius 3 is 2.45 bits per heavy atom. The van der Waals surface area contributed by atoms with E-state index in [1.165, 1.54) is 0 Å². The first-order valence-electron chi connectivity index (χ1n) is 15.7. The second-order valence-corrected chi connectivity index (χ2v) is 13.3. The molecule has 1 aromatic heterocycles. The number of ether oxygens (including phenoxy) is 2. The van der Waals surface area contributed by atoms with E-state index in [0.29, 0.717) is 48.1 Å². The molecule has 2 aromatic rings. The van der Waals surface area contributed by atoms with E-state index in [9.17, 15) is 14.4 Å². The van der Waals surface area contributed by atoms with Crippen molar-refractivity contribution < 1.29 is 23.9 Å². The minimum absolute atomic E-state index is 0.0358. The summed E-state index contributed by atoms with van der Waals surface area (Å²) in [6.07, 6.45) is 6.48. The Kier molecular flexibility index (Phi) is 7.79. The van der Waals surface area contributed by atoms with Crippen LogP contribution in [0.4, 0.5) is 27.9 Å². The predicted octanol–water partition coefficient (Wildman–Crippen LogP) is 4.33. The lowest BCUT2D eigenvalue weighted by atomic mass is 10.0. The van der Waals surface area contributed by atoms with E-state index >= 15 is 0 Å². The quantitative estimate of drug-likeness (QED) is 0.474. The lowest BCUT2D eigenvalue weighted by Gasteiger charge is -2.43. The van der Waals surface area contributed by atoms with Gasteiger partial charge in [0.05, 0.1) is 19.0 Å². The Bertz CT molecular complexity index is 1440. The maximum atomic E-state index is 13.2. The van der Waals surface area contributed by atoms with Crippen molar-refractivity contribution >= 4 is 41.0 Å². The summed E-state index contributed by atoms with van der Waals surface area (Å²) in [5.74, 6) is 1.99. The van der Waals surface area contributed by atoms with Gasteiger partial charge in [-0.25, -0.2) is 9.78 Å². The monoisotopic (exact) mass is 605 g/mol. The number of amides is 3. The van der Waals surface area contributed by atoms with Crippen molar-refractivity contribution in [1.82, 2.24) is 20.2 Å². The number of fused-ring (bicyclic) bond motifs is 2. The summed E-state index contributed by atoms with van der Waals surface area (Å²) in [7, 11) is 3.34. The number of hydrogen-bond donors (Lipinski definition) is 2. The third-order valence-corrected chi connectivity index (χ3v) is 9.27. The highest BCUT2D eigenvalue weighted by Gasteiger charge is 2.58. The summed E-state index contributed by atoms with van der Waals surface area (Å²) >= 11 is 0. The molecule has 2 unspecified atom stereocenters. The molecule has 0 bridgehead atoms. The summed E-state index contributed by atoms with van der Waals surface area (Å²) in [4.78, 5) is 53.7. The van der Waals surface area contributed by atoms with E-state index in [4.69, 9.17) is 14.5 Å². The zero-order valence-corrected chi connectivity index (χ0v) is 26.4. The first-order valence-corrected chi connectivity index (χ1v) is 15.7. The van der Waals surface area contributed by atoms with Crippen molar-refractivity contribution in [3.8, 4) is 5.75 Å². The van der Waals surface area contributed by atoms with E-state index in [1.807, 2.05) is 27.7 Å². The molecule has 0 spiro atoms. The van der Waals surface area contributed by atoms with Gasteiger partial charge >= 0.3 is 6.09 Å². The summed E-state index contributed by atoms with van der Waals surface area (Å²) in [6, 6.07) is 5.29. The van der Waals surface area contributed by atoms with E-state index in [1.54, 1.807) is 48.4 Å². The lowest BCUT2D eigenvalue weighted by molar-refractivity contribution is -0.120. The van der Waals surface area contributed by atoms with Gasteiger partial charge in [-0.15, -0.1) is 0 Å². The average molecular weight is 606 g/mol. The Balaban J connectivity index is 1.14. The number of anilines is 4. The first kappa shape index (κ1) is 30.0. The standard InChI is InChI=1S/C32H43N7O5/c1-7-23-29(41)37(5)24-15-33-30(36-27(24)39(23)19-10-8-9-11-19)34-22-13-12-18(14-25(22)43-6)28(40)35-26-20-16-38(17-21(20)26)31(42)44-32(2,3)4/h12-15,19-21,23,26H,7-11,16-17H2,1-6H3,(H,35,40)(H,33,34,36)/t20?,21?,23-,26?/m1/s1. The molecule has 3 atom stereocenters. The molecule has 1 aromatic carbocycles. The predicted molar refractivity (Wildman–Crippen MR) is 167 cm³/mol. The zero-order chi connectivity index (χ0) is 31.3. The number of carbonyl (C=O) groups excluding carboxylic acids is 3. The number of nitrogens with zero attached hydrogens (tertiary/aromatic N) is 5. The second-order valence-electron chi connectivity index (χ2n) is 13.3. The first-order chi connectivity index (χ1) is 21.0. The van der Waals surface area contributed by atoms with Gasteiger partial charge in [-0.1, -0.05) is 19.8 Å².